The molecule has 2 N–H and O–H groups in total. The van der Waals surface area contributed by atoms with Crippen molar-refractivity contribution in [2.24, 2.45) is 0 Å². The van der Waals surface area contributed by atoms with Crippen LogP contribution in [-0.2, 0) is 0 Å². The molecule has 0 amide bonds. The summed E-state index contributed by atoms with van der Waals surface area (Å²) in [4.78, 5) is 6.61. The van der Waals surface area contributed by atoms with Crippen LogP contribution in [-0.4, -0.2) is 23.0 Å². The molecular weight excluding hydrogens is 436 g/mol. The third-order valence-electron chi connectivity index (χ3n) is 5.39. The number of nitrogens with two attached hydrogens (primary N) is 1. The predicted molar refractivity (Wildman–Crippen MR) is 124 cm³/mol. The second kappa shape index (κ2) is 9.43. The van der Waals surface area contributed by atoms with Gasteiger partial charge in [0.25, 0.3) is 0 Å². The number of hydrogen-bond donors (Lipinski definition) is 1. The van der Waals surface area contributed by atoms with Crippen LogP contribution in [0.2, 0.25) is 10.0 Å². The summed E-state index contributed by atoms with van der Waals surface area (Å²) in [6.45, 7) is 6.16. The number of anilines is 1. The molecule has 31 heavy (non-hydrogen) atoms. The first-order valence-electron chi connectivity index (χ1n) is 10.2. The molecule has 0 spiro atoms. The van der Waals surface area contributed by atoms with Crippen molar-refractivity contribution in [2.45, 2.75) is 25.9 Å². The molecule has 2 heterocycles. The summed E-state index contributed by atoms with van der Waals surface area (Å²) in [6.07, 6.45) is 3.58. The standard InChI is InChI=1S/C24H23Cl2FN3O/c1-15(22-19(25)8-9-20(27)23(22)26)31-21-12-18(13-29-24(21)28)17-6-4-16(5-7-17)14-30-10-2-3-11-30/h4-9,12-15H,2-3,10-11H2,1H3,(H2,28,29). The van der Waals surface area contributed by atoms with Crippen LogP contribution < -0.4 is 10.5 Å². The number of rotatable bonds is 6. The first-order chi connectivity index (χ1) is 14.9. The Bertz CT molecular complexity index is 1070. The van der Waals surface area contributed by atoms with Gasteiger partial charge in [0.1, 0.15) is 11.9 Å². The molecule has 1 aromatic heterocycles. The van der Waals surface area contributed by atoms with Gasteiger partial charge in [0.2, 0.25) is 0 Å². The number of hydrogen-bond acceptors (Lipinski definition) is 4. The minimum absolute atomic E-state index is 0.0625. The fraction of sp³-hybridized carbons (Fsp3) is 0.250. The van der Waals surface area contributed by atoms with E-state index in [1.165, 1.54) is 25.0 Å². The molecule has 1 atom stereocenters. The molecule has 7 heteroatoms. The number of nitrogens with zero attached hydrogens (tertiary/aromatic N) is 2. The lowest BCUT2D eigenvalue weighted by atomic mass is 10.0. The highest BCUT2D eigenvalue weighted by Crippen LogP contribution is 2.37. The lowest BCUT2D eigenvalue weighted by molar-refractivity contribution is 0.227. The molecule has 4 nitrogen and oxygen atoms in total. The van der Waals surface area contributed by atoms with Crippen LogP contribution in [0.15, 0.2) is 48.7 Å². The monoisotopic (exact) mass is 458 g/mol. The number of halogens is 3. The number of pyridine rings is 1. The molecule has 1 unspecified atom stereocenters. The largest absolute Gasteiger partial charge is 0.482 e. The highest BCUT2D eigenvalue weighted by molar-refractivity contribution is 6.36. The van der Waals surface area contributed by atoms with Crippen molar-refractivity contribution in [2.75, 3.05) is 18.8 Å². The van der Waals surface area contributed by atoms with Crippen LogP contribution >= 0.6 is 23.2 Å². The molecule has 1 saturated heterocycles. The van der Waals surface area contributed by atoms with Gasteiger partial charge in [0.15, 0.2) is 11.6 Å². The Labute approximate surface area is 191 Å². The normalized spacial score (nSPS) is 15.2. The van der Waals surface area contributed by atoms with Gasteiger partial charge in [0, 0.05) is 22.3 Å². The van der Waals surface area contributed by atoms with Crippen molar-refractivity contribution in [1.82, 2.24) is 9.88 Å². The lowest BCUT2D eigenvalue weighted by Gasteiger charge is -2.19. The van der Waals surface area contributed by atoms with Gasteiger partial charge in [-0.2, -0.15) is 0 Å². The van der Waals surface area contributed by atoms with Crippen molar-refractivity contribution in [3.8, 4) is 16.9 Å². The third-order valence-corrected chi connectivity index (χ3v) is 6.10. The zero-order valence-corrected chi connectivity index (χ0v) is 18.6. The van der Waals surface area contributed by atoms with Crippen molar-refractivity contribution in [3.05, 3.63) is 82.2 Å². The van der Waals surface area contributed by atoms with E-state index >= 15 is 0 Å². The number of ether oxygens (including phenoxy) is 1. The van der Waals surface area contributed by atoms with Crippen LogP contribution in [0.5, 0.6) is 5.75 Å². The number of likely N-dealkylation sites (tertiary alicyclic amines) is 1. The minimum atomic E-state index is -0.618. The molecule has 1 aliphatic heterocycles. The van der Waals surface area contributed by atoms with Gasteiger partial charge in [-0.25, -0.2) is 9.37 Å². The van der Waals surface area contributed by atoms with Gasteiger partial charge < -0.3 is 10.5 Å². The SMILES string of the molecule is CC(Oc1cc(-c2ccc([CH]N3CCCC3)cc2)cnc1N)c1c(Cl)ccc(F)c1Cl. The number of benzene rings is 2. The Kier molecular flexibility index (Phi) is 6.65. The Hall–Kier alpha value is -2.34. The van der Waals surface area contributed by atoms with E-state index in [0.717, 1.165) is 29.8 Å². The van der Waals surface area contributed by atoms with Crippen LogP contribution in [0.3, 0.4) is 0 Å². The molecule has 161 valence electrons. The zero-order chi connectivity index (χ0) is 22.0. The molecule has 1 fully saturated rings. The molecule has 0 bridgehead atoms. The molecule has 0 saturated carbocycles. The van der Waals surface area contributed by atoms with Gasteiger partial charge in [-0.15, -0.1) is 0 Å². The van der Waals surface area contributed by atoms with E-state index in [-0.39, 0.29) is 10.8 Å². The molecule has 2 aromatic carbocycles. The number of nitrogen functional groups attached to an aromatic ring is 1. The molecule has 0 aliphatic carbocycles. The molecule has 1 aliphatic rings. The van der Waals surface area contributed by atoms with Crippen molar-refractivity contribution in [3.63, 3.8) is 0 Å². The average molecular weight is 459 g/mol. The van der Waals surface area contributed by atoms with E-state index in [1.807, 2.05) is 18.2 Å². The Morgan fingerprint density at radius 1 is 1.10 bits per heavy atom. The average Bonchev–Trinajstić information content (AvgIpc) is 3.26. The highest BCUT2D eigenvalue weighted by Gasteiger charge is 2.20. The van der Waals surface area contributed by atoms with Crippen LogP contribution in [0.1, 0.15) is 37.0 Å². The molecular formula is C24H23Cl2FN3O. The second-order valence-corrected chi connectivity index (χ2v) is 8.40. The third kappa shape index (κ3) is 4.95. The van der Waals surface area contributed by atoms with Crippen LogP contribution in [0.25, 0.3) is 11.1 Å². The minimum Gasteiger partial charge on any atom is -0.482 e. The second-order valence-electron chi connectivity index (χ2n) is 7.62. The van der Waals surface area contributed by atoms with E-state index in [4.69, 9.17) is 33.7 Å². The highest BCUT2D eigenvalue weighted by atomic mass is 35.5. The van der Waals surface area contributed by atoms with E-state index in [9.17, 15) is 4.39 Å². The summed E-state index contributed by atoms with van der Waals surface area (Å²) < 4.78 is 19.9. The Morgan fingerprint density at radius 2 is 1.81 bits per heavy atom. The van der Waals surface area contributed by atoms with Gasteiger partial charge in [-0.1, -0.05) is 47.5 Å². The van der Waals surface area contributed by atoms with Gasteiger partial charge in [0.05, 0.1) is 11.6 Å². The van der Waals surface area contributed by atoms with E-state index in [0.29, 0.717) is 16.3 Å². The summed E-state index contributed by atoms with van der Waals surface area (Å²) >= 11 is 12.3. The first kappa shape index (κ1) is 21.9. The summed E-state index contributed by atoms with van der Waals surface area (Å²) in [6, 6.07) is 12.8. The number of aromatic nitrogens is 1. The summed E-state index contributed by atoms with van der Waals surface area (Å²) in [5, 5.41) is 0.263. The van der Waals surface area contributed by atoms with Crippen molar-refractivity contribution >= 4 is 29.0 Å². The molecule has 4 rings (SSSR count). The van der Waals surface area contributed by atoms with E-state index < -0.39 is 11.9 Å². The lowest BCUT2D eigenvalue weighted by Crippen LogP contribution is -2.15. The maximum absolute atomic E-state index is 13.9. The smallest absolute Gasteiger partial charge is 0.166 e. The predicted octanol–water partition coefficient (Wildman–Crippen LogP) is 6.52. The quantitative estimate of drug-likeness (QED) is 0.427. The summed E-state index contributed by atoms with van der Waals surface area (Å²) in [5.74, 6) is 0.0644. The summed E-state index contributed by atoms with van der Waals surface area (Å²) in [5.41, 5.74) is 9.41. The van der Waals surface area contributed by atoms with Gasteiger partial charge >= 0.3 is 0 Å². The van der Waals surface area contributed by atoms with Crippen molar-refractivity contribution < 1.29 is 9.13 Å². The van der Waals surface area contributed by atoms with E-state index in [2.05, 4.69) is 28.6 Å². The molecule has 1 radical (unpaired) electrons. The topological polar surface area (TPSA) is 51.4 Å². The fourth-order valence-electron chi connectivity index (χ4n) is 3.72. The van der Waals surface area contributed by atoms with Gasteiger partial charge in [-0.3, -0.25) is 4.90 Å². The molecule has 3 aromatic rings. The summed E-state index contributed by atoms with van der Waals surface area (Å²) in [7, 11) is 0. The van der Waals surface area contributed by atoms with Crippen molar-refractivity contribution in [1.29, 1.82) is 0 Å². The van der Waals surface area contributed by atoms with Crippen LogP contribution in [0, 0.1) is 12.4 Å². The van der Waals surface area contributed by atoms with E-state index in [1.54, 1.807) is 13.1 Å². The Morgan fingerprint density at radius 3 is 2.52 bits per heavy atom. The maximum atomic E-state index is 13.9. The first-order valence-corrected chi connectivity index (χ1v) is 10.9. The fourth-order valence-corrected chi connectivity index (χ4v) is 4.39. The Balaban J connectivity index is 1.54. The van der Waals surface area contributed by atoms with Crippen LogP contribution in [0.4, 0.5) is 10.2 Å². The zero-order valence-electron chi connectivity index (χ0n) is 17.1. The maximum Gasteiger partial charge on any atom is 0.166 e. The van der Waals surface area contributed by atoms with Gasteiger partial charge in [-0.05, 0) is 62.2 Å².